The summed E-state index contributed by atoms with van der Waals surface area (Å²) in [5.41, 5.74) is 0.668. The number of nitrogens with one attached hydrogen (secondary N) is 1. The van der Waals surface area contributed by atoms with Gasteiger partial charge in [0.1, 0.15) is 5.75 Å². The summed E-state index contributed by atoms with van der Waals surface area (Å²) in [5, 5.41) is 12.4. The van der Waals surface area contributed by atoms with Crippen LogP contribution in [0, 0.1) is 0 Å². The first-order valence-electron chi connectivity index (χ1n) is 6.48. The van der Waals surface area contributed by atoms with E-state index in [0.29, 0.717) is 18.0 Å². The molecule has 5 heteroatoms. The van der Waals surface area contributed by atoms with Crippen LogP contribution in [0.1, 0.15) is 13.3 Å². The van der Waals surface area contributed by atoms with E-state index in [-0.39, 0.29) is 18.1 Å². The predicted molar refractivity (Wildman–Crippen MR) is 73.3 cm³/mol. The maximum Gasteiger partial charge on any atom is 0.241 e. The SMILES string of the molecule is COc1ccccc1NC(=O)C(C)N1CC[C@H](O)C1. The summed E-state index contributed by atoms with van der Waals surface area (Å²) in [6.45, 7) is 3.16. The van der Waals surface area contributed by atoms with Gasteiger partial charge in [0.05, 0.1) is 24.9 Å². The molecule has 2 N–H and O–H groups in total. The molecule has 0 aliphatic carbocycles. The van der Waals surface area contributed by atoms with Crippen molar-refractivity contribution in [2.45, 2.75) is 25.5 Å². The average Bonchev–Trinajstić information content (AvgIpc) is 2.85. The minimum Gasteiger partial charge on any atom is -0.495 e. The molecule has 2 atom stereocenters. The molecule has 1 aromatic rings. The number of rotatable bonds is 4. The van der Waals surface area contributed by atoms with E-state index in [1.807, 2.05) is 30.0 Å². The van der Waals surface area contributed by atoms with Crippen molar-refractivity contribution in [1.82, 2.24) is 4.90 Å². The third kappa shape index (κ3) is 3.24. The summed E-state index contributed by atoms with van der Waals surface area (Å²) < 4.78 is 5.20. The molecule has 0 radical (unpaired) electrons. The average molecular weight is 264 g/mol. The topological polar surface area (TPSA) is 61.8 Å². The number of ether oxygens (including phenoxy) is 1. The van der Waals surface area contributed by atoms with E-state index in [1.165, 1.54) is 0 Å². The van der Waals surface area contributed by atoms with Crippen molar-refractivity contribution in [3.63, 3.8) is 0 Å². The van der Waals surface area contributed by atoms with E-state index in [0.717, 1.165) is 13.0 Å². The zero-order valence-electron chi connectivity index (χ0n) is 11.3. The van der Waals surface area contributed by atoms with Crippen LogP contribution in [0.2, 0.25) is 0 Å². The maximum absolute atomic E-state index is 12.2. The highest BCUT2D eigenvalue weighted by molar-refractivity contribution is 5.95. The number of aliphatic hydroxyl groups excluding tert-OH is 1. The first kappa shape index (κ1) is 13.8. The molecule has 0 saturated carbocycles. The lowest BCUT2D eigenvalue weighted by molar-refractivity contribution is -0.120. The molecular weight excluding hydrogens is 244 g/mol. The molecule has 19 heavy (non-hydrogen) atoms. The van der Waals surface area contributed by atoms with E-state index in [1.54, 1.807) is 13.2 Å². The molecule has 1 aliphatic heterocycles. The van der Waals surface area contributed by atoms with Gasteiger partial charge in [-0.3, -0.25) is 9.69 Å². The highest BCUT2D eigenvalue weighted by Crippen LogP contribution is 2.23. The lowest BCUT2D eigenvalue weighted by Crippen LogP contribution is -2.41. The van der Waals surface area contributed by atoms with Crippen molar-refractivity contribution in [1.29, 1.82) is 0 Å². The quantitative estimate of drug-likeness (QED) is 0.854. The third-order valence-corrected chi connectivity index (χ3v) is 3.49. The van der Waals surface area contributed by atoms with Crippen molar-refractivity contribution in [2.75, 3.05) is 25.5 Å². The second kappa shape index (κ2) is 6.04. The minimum absolute atomic E-state index is 0.0846. The van der Waals surface area contributed by atoms with Crippen LogP contribution in [0.15, 0.2) is 24.3 Å². The molecule has 1 fully saturated rings. The Bertz CT molecular complexity index is 450. The van der Waals surface area contributed by atoms with Crippen molar-refractivity contribution >= 4 is 11.6 Å². The van der Waals surface area contributed by atoms with Crippen molar-refractivity contribution in [3.05, 3.63) is 24.3 Å². The number of nitrogens with zero attached hydrogens (tertiary/aromatic N) is 1. The molecule has 1 amide bonds. The summed E-state index contributed by atoms with van der Waals surface area (Å²) in [6, 6.07) is 7.06. The van der Waals surface area contributed by atoms with Crippen LogP contribution in [-0.2, 0) is 4.79 Å². The Morgan fingerprint density at radius 2 is 2.26 bits per heavy atom. The number of para-hydroxylation sites is 2. The summed E-state index contributed by atoms with van der Waals surface area (Å²) in [5.74, 6) is 0.558. The fraction of sp³-hybridized carbons (Fsp3) is 0.500. The number of aliphatic hydroxyl groups is 1. The highest BCUT2D eigenvalue weighted by Gasteiger charge is 2.28. The summed E-state index contributed by atoms with van der Waals surface area (Å²) >= 11 is 0. The van der Waals surface area contributed by atoms with Gasteiger partial charge in [-0.05, 0) is 25.5 Å². The number of amides is 1. The molecule has 1 heterocycles. The Morgan fingerprint density at radius 3 is 2.89 bits per heavy atom. The van der Waals surface area contributed by atoms with Gasteiger partial charge in [0, 0.05) is 13.1 Å². The molecule has 5 nitrogen and oxygen atoms in total. The first-order chi connectivity index (χ1) is 9.11. The number of methoxy groups -OCH3 is 1. The Labute approximate surface area is 113 Å². The smallest absolute Gasteiger partial charge is 0.241 e. The van der Waals surface area contributed by atoms with Gasteiger partial charge < -0.3 is 15.2 Å². The number of anilines is 1. The number of benzene rings is 1. The van der Waals surface area contributed by atoms with E-state index in [4.69, 9.17) is 4.74 Å². The number of hydrogen-bond donors (Lipinski definition) is 2. The molecule has 0 bridgehead atoms. The second-order valence-electron chi connectivity index (χ2n) is 4.80. The molecule has 1 aromatic carbocycles. The number of hydrogen-bond acceptors (Lipinski definition) is 4. The predicted octanol–water partition coefficient (Wildman–Crippen LogP) is 1.09. The zero-order valence-corrected chi connectivity index (χ0v) is 11.3. The molecule has 0 spiro atoms. The lowest BCUT2D eigenvalue weighted by Gasteiger charge is -2.23. The minimum atomic E-state index is -0.318. The van der Waals surface area contributed by atoms with Crippen LogP contribution in [0.5, 0.6) is 5.75 Å². The number of carbonyl (C=O) groups excluding carboxylic acids is 1. The fourth-order valence-electron chi connectivity index (χ4n) is 2.27. The van der Waals surface area contributed by atoms with Crippen LogP contribution in [0.25, 0.3) is 0 Å². The normalized spacial score (nSPS) is 21.1. The van der Waals surface area contributed by atoms with E-state index >= 15 is 0 Å². The van der Waals surface area contributed by atoms with E-state index < -0.39 is 0 Å². The van der Waals surface area contributed by atoms with Gasteiger partial charge in [-0.15, -0.1) is 0 Å². The van der Waals surface area contributed by atoms with E-state index in [2.05, 4.69) is 5.32 Å². The van der Waals surface area contributed by atoms with E-state index in [9.17, 15) is 9.90 Å². The second-order valence-corrected chi connectivity index (χ2v) is 4.80. The molecule has 1 saturated heterocycles. The molecule has 1 unspecified atom stereocenters. The van der Waals surface area contributed by atoms with Gasteiger partial charge >= 0.3 is 0 Å². The van der Waals surface area contributed by atoms with Crippen LogP contribution in [0.3, 0.4) is 0 Å². The summed E-state index contributed by atoms with van der Waals surface area (Å²) in [4.78, 5) is 14.2. The zero-order chi connectivity index (χ0) is 13.8. The Hall–Kier alpha value is -1.59. The Kier molecular flexibility index (Phi) is 4.39. The molecule has 2 rings (SSSR count). The van der Waals surface area contributed by atoms with Crippen molar-refractivity contribution < 1.29 is 14.6 Å². The Morgan fingerprint density at radius 1 is 1.53 bits per heavy atom. The molecule has 1 aliphatic rings. The standard InChI is InChI=1S/C14H20N2O3/c1-10(16-8-7-11(17)9-16)14(18)15-12-5-3-4-6-13(12)19-2/h3-6,10-11,17H,7-9H2,1-2H3,(H,15,18)/t10?,11-/m0/s1. The summed E-state index contributed by atoms with van der Waals surface area (Å²) in [7, 11) is 1.57. The van der Waals surface area contributed by atoms with Gasteiger partial charge in [0.25, 0.3) is 0 Å². The van der Waals surface area contributed by atoms with Gasteiger partial charge in [0.2, 0.25) is 5.91 Å². The van der Waals surface area contributed by atoms with Crippen molar-refractivity contribution in [2.24, 2.45) is 0 Å². The van der Waals surface area contributed by atoms with Crippen LogP contribution < -0.4 is 10.1 Å². The van der Waals surface area contributed by atoms with Gasteiger partial charge in [-0.1, -0.05) is 12.1 Å². The third-order valence-electron chi connectivity index (χ3n) is 3.49. The highest BCUT2D eigenvalue weighted by atomic mass is 16.5. The Balaban J connectivity index is 2.00. The fourth-order valence-corrected chi connectivity index (χ4v) is 2.27. The number of likely N-dealkylation sites (tertiary alicyclic amines) is 1. The first-order valence-corrected chi connectivity index (χ1v) is 6.48. The maximum atomic E-state index is 12.2. The lowest BCUT2D eigenvalue weighted by atomic mass is 10.2. The summed E-state index contributed by atoms with van der Waals surface area (Å²) in [6.07, 6.45) is 0.410. The van der Waals surface area contributed by atoms with Crippen molar-refractivity contribution in [3.8, 4) is 5.75 Å². The monoisotopic (exact) mass is 264 g/mol. The van der Waals surface area contributed by atoms with Crippen LogP contribution in [0.4, 0.5) is 5.69 Å². The molecule has 0 aromatic heterocycles. The number of carbonyl (C=O) groups is 1. The van der Waals surface area contributed by atoms with Gasteiger partial charge in [0.15, 0.2) is 0 Å². The van der Waals surface area contributed by atoms with Gasteiger partial charge in [-0.2, -0.15) is 0 Å². The number of β-amino-alcohol motifs (C(OH)–C–C–N with tert-alkyl or cyclic N) is 1. The van der Waals surface area contributed by atoms with Crippen LogP contribution in [-0.4, -0.2) is 48.3 Å². The molecule has 104 valence electrons. The van der Waals surface area contributed by atoms with Crippen LogP contribution >= 0.6 is 0 Å². The van der Waals surface area contributed by atoms with Gasteiger partial charge in [-0.25, -0.2) is 0 Å². The molecular formula is C14H20N2O3. The largest absolute Gasteiger partial charge is 0.495 e.